The lowest BCUT2D eigenvalue weighted by molar-refractivity contribution is -0.145. The second-order valence-electron chi connectivity index (χ2n) is 7.89. The van der Waals surface area contributed by atoms with Crippen LogP contribution in [0.5, 0.6) is 0 Å². The molecule has 3 aliphatic rings. The molecule has 0 spiro atoms. The summed E-state index contributed by atoms with van der Waals surface area (Å²) in [7, 11) is 0. The Bertz CT molecular complexity index is 463. The van der Waals surface area contributed by atoms with Crippen molar-refractivity contribution in [3.63, 3.8) is 0 Å². The van der Waals surface area contributed by atoms with Crippen molar-refractivity contribution >= 4 is 5.97 Å². The van der Waals surface area contributed by atoms with Crippen LogP contribution in [-0.4, -0.2) is 22.8 Å². The molecule has 3 aliphatic carbocycles. The molecule has 6 atom stereocenters. The first-order valence-electron chi connectivity index (χ1n) is 7.74. The van der Waals surface area contributed by atoms with Gasteiger partial charge in [-0.15, -0.1) is 0 Å². The Kier molecular flexibility index (Phi) is 2.89. The molecule has 0 aromatic heterocycles. The molecule has 3 fully saturated rings. The Labute approximate surface area is 121 Å². The first-order valence-corrected chi connectivity index (χ1v) is 7.74. The number of fused-ring (bicyclic) bond motifs is 3. The van der Waals surface area contributed by atoms with E-state index >= 15 is 0 Å². The third-order valence-corrected chi connectivity index (χ3v) is 6.31. The van der Waals surface area contributed by atoms with Crippen LogP contribution in [0, 0.1) is 29.1 Å². The van der Waals surface area contributed by atoms with Gasteiger partial charge in [-0.2, -0.15) is 0 Å². The smallest absolute Gasteiger partial charge is 0.303 e. The number of ether oxygens (including phenoxy) is 1. The van der Waals surface area contributed by atoms with Gasteiger partial charge in [-0.3, -0.25) is 4.79 Å². The van der Waals surface area contributed by atoms with E-state index in [0.717, 1.165) is 24.8 Å². The van der Waals surface area contributed by atoms with Gasteiger partial charge in [0.15, 0.2) is 0 Å². The number of carbonyl (C=O) groups excluding carboxylic acids is 1. The summed E-state index contributed by atoms with van der Waals surface area (Å²) in [5.74, 6) is 1.40. The highest BCUT2D eigenvalue weighted by atomic mass is 16.5. The minimum atomic E-state index is -0.602. The van der Waals surface area contributed by atoms with E-state index in [0.29, 0.717) is 17.8 Å². The summed E-state index contributed by atoms with van der Waals surface area (Å²) in [5, 5.41) is 10.8. The highest BCUT2D eigenvalue weighted by Gasteiger charge is 2.68. The van der Waals surface area contributed by atoms with Gasteiger partial charge >= 0.3 is 5.97 Å². The molecule has 0 heterocycles. The van der Waals surface area contributed by atoms with Gasteiger partial charge in [0.1, 0.15) is 6.10 Å². The summed E-state index contributed by atoms with van der Waals surface area (Å²) in [5.41, 5.74) is 0.678. The summed E-state index contributed by atoms with van der Waals surface area (Å²) in [6.07, 6.45) is 2.51. The van der Waals surface area contributed by atoms with E-state index in [1.165, 1.54) is 6.92 Å². The van der Waals surface area contributed by atoms with E-state index in [2.05, 4.69) is 20.4 Å². The standard InChI is InChI=1S/C17H26O3/c1-9-11-6-7-17(5,19)14(11)15-12(16(15,3)4)8-13(9)20-10(2)18/h11-15,19H,1,6-8H2,2-5H3/t11-,12+,13-,14+,15+,17-/m0/s1. The largest absolute Gasteiger partial charge is 0.458 e. The monoisotopic (exact) mass is 278 g/mol. The Morgan fingerprint density at radius 1 is 1.35 bits per heavy atom. The van der Waals surface area contributed by atoms with Gasteiger partial charge < -0.3 is 9.84 Å². The highest BCUT2D eigenvalue weighted by molar-refractivity contribution is 5.66. The number of rotatable bonds is 1. The summed E-state index contributed by atoms with van der Waals surface area (Å²) >= 11 is 0. The van der Waals surface area contributed by atoms with Crippen molar-refractivity contribution in [1.82, 2.24) is 0 Å². The van der Waals surface area contributed by atoms with Crippen LogP contribution in [0.3, 0.4) is 0 Å². The molecule has 3 heteroatoms. The Hall–Kier alpha value is -0.830. The molecular weight excluding hydrogens is 252 g/mol. The van der Waals surface area contributed by atoms with E-state index in [1.807, 2.05) is 6.92 Å². The van der Waals surface area contributed by atoms with E-state index in [4.69, 9.17) is 4.74 Å². The van der Waals surface area contributed by atoms with Gasteiger partial charge in [-0.25, -0.2) is 0 Å². The first kappa shape index (κ1) is 14.1. The molecule has 0 radical (unpaired) electrons. The quantitative estimate of drug-likeness (QED) is 0.592. The predicted molar refractivity (Wildman–Crippen MR) is 76.9 cm³/mol. The highest BCUT2D eigenvalue weighted by Crippen LogP contribution is 2.71. The van der Waals surface area contributed by atoms with Crippen LogP contribution < -0.4 is 0 Å². The molecule has 3 nitrogen and oxygen atoms in total. The van der Waals surface area contributed by atoms with E-state index < -0.39 is 5.60 Å². The average molecular weight is 278 g/mol. The summed E-state index contributed by atoms with van der Waals surface area (Å²) < 4.78 is 5.53. The molecular formula is C17H26O3. The molecule has 3 saturated carbocycles. The molecule has 0 unspecified atom stereocenters. The maximum atomic E-state index is 11.4. The maximum absolute atomic E-state index is 11.4. The Morgan fingerprint density at radius 3 is 2.60 bits per heavy atom. The first-order chi connectivity index (χ1) is 9.16. The van der Waals surface area contributed by atoms with Crippen molar-refractivity contribution in [3.8, 4) is 0 Å². The molecule has 0 saturated heterocycles. The zero-order valence-corrected chi connectivity index (χ0v) is 13.0. The van der Waals surface area contributed by atoms with Gasteiger partial charge in [0.2, 0.25) is 0 Å². The van der Waals surface area contributed by atoms with Crippen LogP contribution in [0.2, 0.25) is 0 Å². The molecule has 1 N–H and O–H groups in total. The minimum Gasteiger partial charge on any atom is -0.458 e. The fourth-order valence-electron chi connectivity index (χ4n) is 5.18. The van der Waals surface area contributed by atoms with E-state index in [-0.39, 0.29) is 23.4 Å². The van der Waals surface area contributed by atoms with Crippen molar-refractivity contribution in [2.45, 2.75) is 58.7 Å². The second kappa shape index (κ2) is 4.09. The fourth-order valence-corrected chi connectivity index (χ4v) is 5.18. The number of hydrogen-bond donors (Lipinski definition) is 1. The summed E-state index contributed by atoms with van der Waals surface area (Å²) in [4.78, 5) is 11.4. The molecule has 0 aromatic rings. The molecule has 20 heavy (non-hydrogen) atoms. The average Bonchev–Trinajstić information content (AvgIpc) is 2.71. The molecule has 0 aromatic carbocycles. The minimum absolute atomic E-state index is 0.161. The van der Waals surface area contributed by atoms with E-state index in [1.54, 1.807) is 0 Å². The lowest BCUT2D eigenvalue weighted by Crippen LogP contribution is -2.36. The number of carbonyl (C=O) groups is 1. The Balaban J connectivity index is 1.95. The lowest BCUT2D eigenvalue weighted by Gasteiger charge is -2.32. The van der Waals surface area contributed by atoms with Crippen LogP contribution in [0.15, 0.2) is 12.2 Å². The van der Waals surface area contributed by atoms with Crippen LogP contribution >= 0.6 is 0 Å². The van der Waals surface area contributed by atoms with Crippen LogP contribution in [0.25, 0.3) is 0 Å². The SMILES string of the molecule is C=C1[C@@H](OC(C)=O)C[C@@H]2[C@H]([C@H]3[C@H]1CC[C@]3(C)O)C2(C)C. The predicted octanol–water partition coefficient (Wildman–Crippen LogP) is 2.93. The van der Waals surface area contributed by atoms with Crippen LogP contribution in [-0.2, 0) is 9.53 Å². The van der Waals surface area contributed by atoms with Gasteiger partial charge in [0.05, 0.1) is 5.60 Å². The summed E-state index contributed by atoms with van der Waals surface area (Å²) in [6.45, 7) is 12.2. The zero-order valence-electron chi connectivity index (χ0n) is 13.0. The van der Waals surface area contributed by atoms with Gasteiger partial charge in [0, 0.05) is 6.92 Å². The lowest BCUT2D eigenvalue weighted by atomic mass is 9.77. The van der Waals surface area contributed by atoms with Crippen molar-refractivity contribution < 1.29 is 14.6 Å². The number of esters is 1. The number of aliphatic hydroxyl groups is 1. The topological polar surface area (TPSA) is 46.5 Å². The Morgan fingerprint density at radius 2 is 2.00 bits per heavy atom. The van der Waals surface area contributed by atoms with Crippen molar-refractivity contribution in [2.24, 2.45) is 29.1 Å². The van der Waals surface area contributed by atoms with Crippen LogP contribution in [0.1, 0.15) is 47.0 Å². The van der Waals surface area contributed by atoms with Crippen LogP contribution in [0.4, 0.5) is 0 Å². The normalized spacial score (nSPS) is 49.0. The van der Waals surface area contributed by atoms with E-state index in [9.17, 15) is 9.90 Å². The third-order valence-electron chi connectivity index (χ3n) is 6.31. The van der Waals surface area contributed by atoms with Gasteiger partial charge in [0.25, 0.3) is 0 Å². The molecule has 0 amide bonds. The molecule has 0 bridgehead atoms. The molecule has 112 valence electrons. The van der Waals surface area contributed by atoms with Gasteiger partial charge in [-0.1, -0.05) is 20.4 Å². The second-order valence-corrected chi connectivity index (χ2v) is 7.89. The fraction of sp³-hybridized carbons (Fsp3) is 0.824. The maximum Gasteiger partial charge on any atom is 0.303 e. The van der Waals surface area contributed by atoms with Crippen molar-refractivity contribution in [3.05, 3.63) is 12.2 Å². The summed E-state index contributed by atoms with van der Waals surface area (Å²) in [6, 6.07) is 0. The molecule has 3 rings (SSSR count). The van der Waals surface area contributed by atoms with Crippen molar-refractivity contribution in [2.75, 3.05) is 0 Å². The number of hydrogen-bond acceptors (Lipinski definition) is 3. The van der Waals surface area contributed by atoms with Gasteiger partial charge in [-0.05, 0) is 60.8 Å². The molecule has 0 aliphatic heterocycles. The third kappa shape index (κ3) is 1.86. The zero-order chi connectivity index (χ0) is 14.9. The van der Waals surface area contributed by atoms with Crippen molar-refractivity contribution in [1.29, 1.82) is 0 Å².